The number of anilines is 1. The Morgan fingerprint density at radius 2 is 2.12 bits per heavy atom. The van der Waals surface area contributed by atoms with Crippen molar-refractivity contribution in [3.63, 3.8) is 0 Å². The Labute approximate surface area is 160 Å². The van der Waals surface area contributed by atoms with E-state index < -0.39 is 0 Å². The normalized spacial score (nSPS) is 13.7. The number of benzene rings is 1. The molecule has 0 amide bonds. The van der Waals surface area contributed by atoms with Crippen molar-refractivity contribution < 1.29 is 0 Å². The SMILES string of the molecule is CC(C)Cn1ccnc1CN=C(N)Nc1ccc2c(c1)CCC2.I. The molecule has 3 N–H and O–H groups in total. The Kier molecular flexibility index (Phi) is 6.65. The minimum absolute atomic E-state index is 0. The summed E-state index contributed by atoms with van der Waals surface area (Å²) >= 11 is 0. The van der Waals surface area contributed by atoms with Gasteiger partial charge in [0.2, 0.25) is 0 Å². The van der Waals surface area contributed by atoms with Crippen LogP contribution in [0.3, 0.4) is 0 Å². The fourth-order valence-corrected chi connectivity index (χ4v) is 3.04. The minimum Gasteiger partial charge on any atom is -0.370 e. The number of hydrogen-bond donors (Lipinski definition) is 2. The van der Waals surface area contributed by atoms with Gasteiger partial charge in [0.05, 0.1) is 0 Å². The maximum absolute atomic E-state index is 6.02. The van der Waals surface area contributed by atoms with Crippen LogP contribution in [0.1, 0.15) is 37.2 Å². The zero-order valence-corrected chi connectivity index (χ0v) is 16.7. The molecule has 1 aromatic carbocycles. The molecule has 1 heterocycles. The van der Waals surface area contributed by atoms with E-state index >= 15 is 0 Å². The Morgan fingerprint density at radius 3 is 2.92 bits per heavy atom. The number of rotatable bonds is 5. The summed E-state index contributed by atoms with van der Waals surface area (Å²) in [6.07, 6.45) is 7.42. The second-order valence-electron chi connectivity index (χ2n) is 6.55. The molecular formula is C18H26IN5. The molecule has 0 saturated carbocycles. The molecule has 0 aliphatic heterocycles. The van der Waals surface area contributed by atoms with Gasteiger partial charge in [-0.05, 0) is 48.4 Å². The summed E-state index contributed by atoms with van der Waals surface area (Å²) < 4.78 is 2.14. The lowest BCUT2D eigenvalue weighted by Crippen LogP contribution is -2.23. The summed E-state index contributed by atoms with van der Waals surface area (Å²) in [4.78, 5) is 8.79. The van der Waals surface area contributed by atoms with Crippen LogP contribution in [0.15, 0.2) is 35.6 Å². The smallest absolute Gasteiger partial charge is 0.193 e. The molecule has 6 heteroatoms. The molecule has 0 bridgehead atoms. The lowest BCUT2D eigenvalue weighted by Gasteiger charge is -2.10. The van der Waals surface area contributed by atoms with Gasteiger partial charge in [-0.15, -0.1) is 24.0 Å². The van der Waals surface area contributed by atoms with Crippen LogP contribution in [0.2, 0.25) is 0 Å². The predicted octanol–water partition coefficient (Wildman–Crippen LogP) is 3.57. The quantitative estimate of drug-likeness (QED) is 0.425. The molecule has 0 radical (unpaired) electrons. The number of nitrogens with one attached hydrogen (secondary N) is 1. The van der Waals surface area contributed by atoms with Gasteiger partial charge in [-0.2, -0.15) is 0 Å². The highest BCUT2D eigenvalue weighted by molar-refractivity contribution is 14.0. The van der Waals surface area contributed by atoms with Gasteiger partial charge in [-0.3, -0.25) is 0 Å². The van der Waals surface area contributed by atoms with Gasteiger partial charge in [-0.25, -0.2) is 9.98 Å². The number of nitrogens with zero attached hydrogens (tertiary/aromatic N) is 3. The molecule has 130 valence electrons. The summed E-state index contributed by atoms with van der Waals surface area (Å²) in [5.74, 6) is 1.95. The Hall–Kier alpha value is -1.57. The van der Waals surface area contributed by atoms with E-state index in [-0.39, 0.29) is 24.0 Å². The molecule has 0 fully saturated rings. The molecule has 1 aliphatic rings. The Balaban J connectivity index is 0.00000208. The predicted molar refractivity (Wildman–Crippen MR) is 110 cm³/mol. The van der Waals surface area contributed by atoms with Crippen molar-refractivity contribution in [3.05, 3.63) is 47.5 Å². The average Bonchev–Trinajstić information content (AvgIpc) is 3.13. The van der Waals surface area contributed by atoms with E-state index in [4.69, 9.17) is 5.73 Å². The van der Waals surface area contributed by atoms with Crippen molar-refractivity contribution in [2.45, 2.75) is 46.2 Å². The van der Waals surface area contributed by atoms with E-state index in [1.807, 2.05) is 12.4 Å². The fraction of sp³-hybridized carbons (Fsp3) is 0.444. The third-order valence-electron chi connectivity index (χ3n) is 4.13. The van der Waals surface area contributed by atoms with Crippen molar-refractivity contribution in [1.29, 1.82) is 0 Å². The van der Waals surface area contributed by atoms with Crippen molar-refractivity contribution >= 4 is 35.6 Å². The summed E-state index contributed by atoms with van der Waals surface area (Å²) in [5.41, 5.74) is 9.92. The van der Waals surface area contributed by atoms with E-state index in [9.17, 15) is 0 Å². The zero-order chi connectivity index (χ0) is 16.2. The first-order valence-electron chi connectivity index (χ1n) is 8.30. The van der Waals surface area contributed by atoms with Crippen molar-refractivity contribution in [2.75, 3.05) is 5.32 Å². The van der Waals surface area contributed by atoms with E-state index in [1.54, 1.807) is 0 Å². The van der Waals surface area contributed by atoms with Gasteiger partial charge < -0.3 is 15.6 Å². The molecule has 0 unspecified atom stereocenters. The van der Waals surface area contributed by atoms with E-state index in [2.05, 4.69) is 51.9 Å². The van der Waals surface area contributed by atoms with Crippen LogP contribution in [0.25, 0.3) is 0 Å². The van der Waals surface area contributed by atoms with Gasteiger partial charge >= 0.3 is 0 Å². The fourth-order valence-electron chi connectivity index (χ4n) is 3.04. The second kappa shape index (κ2) is 8.50. The molecule has 2 aromatic rings. The molecular weight excluding hydrogens is 413 g/mol. The average molecular weight is 439 g/mol. The van der Waals surface area contributed by atoms with E-state index in [1.165, 1.54) is 24.0 Å². The van der Waals surface area contributed by atoms with Crippen LogP contribution >= 0.6 is 24.0 Å². The maximum Gasteiger partial charge on any atom is 0.193 e. The van der Waals surface area contributed by atoms with Crippen molar-refractivity contribution in [1.82, 2.24) is 9.55 Å². The minimum atomic E-state index is 0. The highest BCUT2D eigenvalue weighted by atomic mass is 127. The third kappa shape index (κ3) is 4.72. The number of aryl methyl sites for hydroxylation is 2. The number of imidazole rings is 1. The van der Waals surface area contributed by atoms with Gasteiger partial charge in [0.1, 0.15) is 12.4 Å². The summed E-state index contributed by atoms with van der Waals surface area (Å²) in [6.45, 7) is 5.82. The molecule has 1 aromatic heterocycles. The number of guanidine groups is 1. The number of aromatic nitrogens is 2. The summed E-state index contributed by atoms with van der Waals surface area (Å²) in [6, 6.07) is 6.45. The first-order valence-corrected chi connectivity index (χ1v) is 8.30. The largest absolute Gasteiger partial charge is 0.370 e. The number of aliphatic imine (C=N–C) groups is 1. The monoisotopic (exact) mass is 439 g/mol. The Morgan fingerprint density at radius 1 is 1.33 bits per heavy atom. The third-order valence-corrected chi connectivity index (χ3v) is 4.13. The van der Waals surface area contributed by atoms with Crippen molar-refractivity contribution in [2.24, 2.45) is 16.6 Å². The van der Waals surface area contributed by atoms with Crippen LogP contribution in [0, 0.1) is 5.92 Å². The highest BCUT2D eigenvalue weighted by Gasteiger charge is 2.11. The highest BCUT2D eigenvalue weighted by Crippen LogP contribution is 2.24. The maximum atomic E-state index is 6.02. The van der Waals surface area contributed by atoms with Crippen LogP contribution in [0.4, 0.5) is 5.69 Å². The lowest BCUT2D eigenvalue weighted by atomic mass is 10.1. The molecule has 0 spiro atoms. The Bertz CT molecular complexity index is 705. The van der Waals surface area contributed by atoms with Gasteiger partial charge in [0.25, 0.3) is 0 Å². The number of halogens is 1. The first-order chi connectivity index (χ1) is 11.1. The number of fused-ring (bicyclic) bond motifs is 1. The van der Waals surface area contributed by atoms with Gasteiger partial charge in [0, 0.05) is 24.6 Å². The van der Waals surface area contributed by atoms with Crippen LogP contribution < -0.4 is 11.1 Å². The van der Waals surface area contributed by atoms with E-state index in [0.29, 0.717) is 18.4 Å². The molecule has 24 heavy (non-hydrogen) atoms. The second-order valence-corrected chi connectivity index (χ2v) is 6.55. The molecule has 5 nitrogen and oxygen atoms in total. The molecule has 1 aliphatic carbocycles. The van der Waals surface area contributed by atoms with E-state index in [0.717, 1.165) is 24.5 Å². The van der Waals surface area contributed by atoms with Crippen molar-refractivity contribution in [3.8, 4) is 0 Å². The van der Waals surface area contributed by atoms with Gasteiger partial charge in [-0.1, -0.05) is 19.9 Å². The van der Waals surface area contributed by atoms with Gasteiger partial charge in [0.15, 0.2) is 5.96 Å². The lowest BCUT2D eigenvalue weighted by molar-refractivity contribution is 0.507. The summed E-state index contributed by atoms with van der Waals surface area (Å²) in [5, 5.41) is 3.19. The van der Waals surface area contributed by atoms with Crippen LogP contribution in [0.5, 0.6) is 0 Å². The first kappa shape index (κ1) is 18.8. The topological polar surface area (TPSA) is 68.2 Å². The summed E-state index contributed by atoms with van der Waals surface area (Å²) in [7, 11) is 0. The zero-order valence-electron chi connectivity index (χ0n) is 14.3. The molecule has 3 rings (SSSR count). The van der Waals surface area contributed by atoms with Crippen LogP contribution in [-0.2, 0) is 25.9 Å². The number of nitrogens with two attached hydrogens (primary N) is 1. The standard InChI is InChI=1S/C18H25N5.HI/c1-13(2)12-23-9-8-20-17(23)11-21-18(19)22-16-7-6-14-4-3-5-15(14)10-16;/h6-10,13H,3-5,11-12H2,1-2H3,(H3,19,21,22);1H. The molecule has 0 atom stereocenters. The molecule has 0 saturated heterocycles. The number of hydrogen-bond acceptors (Lipinski definition) is 2. The van der Waals surface area contributed by atoms with Crippen LogP contribution in [-0.4, -0.2) is 15.5 Å².